The van der Waals surface area contributed by atoms with Gasteiger partial charge in [0.05, 0.1) is 6.10 Å². The Labute approximate surface area is 77.0 Å². The van der Waals surface area contributed by atoms with Crippen molar-refractivity contribution in [2.75, 3.05) is 6.54 Å². The van der Waals surface area contributed by atoms with E-state index in [0.29, 0.717) is 6.54 Å². The van der Waals surface area contributed by atoms with Crippen LogP contribution in [0, 0.1) is 0 Å². The van der Waals surface area contributed by atoms with Crippen LogP contribution in [0.25, 0.3) is 0 Å². The van der Waals surface area contributed by atoms with Gasteiger partial charge in [-0.1, -0.05) is 12.1 Å². The summed E-state index contributed by atoms with van der Waals surface area (Å²) in [6.07, 6.45) is 0.518. The number of phenols is 1. The van der Waals surface area contributed by atoms with Gasteiger partial charge in [0.25, 0.3) is 0 Å². The smallest absolute Gasteiger partial charge is 0.115 e. The van der Waals surface area contributed by atoms with Gasteiger partial charge in [-0.25, -0.2) is 0 Å². The van der Waals surface area contributed by atoms with Gasteiger partial charge in [0, 0.05) is 12.6 Å². The first-order chi connectivity index (χ1) is 6.25. The summed E-state index contributed by atoms with van der Waals surface area (Å²) >= 11 is 0. The summed E-state index contributed by atoms with van der Waals surface area (Å²) in [5.41, 5.74) is 1.12. The molecular formula is C10H13NO2. The van der Waals surface area contributed by atoms with E-state index in [0.717, 1.165) is 12.0 Å². The molecule has 1 aromatic rings. The Balaban J connectivity index is 2.13. The fourth-order valence-corrected chi connectivity index (χ4v) is 1.68. The van der Waals surface area contributed by atoms with E-state index in [4.69, 9.17) is 5.11 Å². The van der Waals surface area contributed by atoms with Crippen molar-refractivity contribution in [2.24, 2.45) is 0 Å². The van der Waals surface area contributed by atoms with E-state index < -0.39 is 0 Å². The molecule has 70 valence electrons. The first kappa shape index (κ1) is 8.53. The van der Waals surface area contributed by atoms with Crippen LogP contribution in [0.3, 0.4) is 0 Å². The number of benzene rings is 1. The topological polar surface area (TPSA) is 52.5 Å². The Morgan fingerprint density at radius 3 is 2.46 bits per heavy atom. The molecule has 13 heavy (non-hydrogen) atoms. The monoisotopic (exact) mass is 179 g/mol. The Morgan fingerprint density at radius 2 is 1.92 bits per heavy atom. The molecule has 0 bridgehead atoms. The minimum Gasteiger partial charge on any atom is -0.508 e. The second-order valence-corrected chi connectivity index (χ2v) is 3.44. The lowest BCUT2D eigenvalue weighted by atomic mass is 10.0. The molecule has 1 aliphatic heterocycles. The molecule has 0 aromatic heterocycles. The lowest BCUT2D eigenvalue weighted by Gasteiger charge is -2.09. The summed E-state index contributed by atoms with van der Waals surface area (Å²) < 4.78 is 0. The highest BCUT2D eigenvalue weighted by atomic mass is 16.3. The van der Waals surface area contributed by atoms with Crippen molar-refractivity contribution in [3.63, 3.8) is 0 Å². The average Bonchev–Trinajstić information content (AvgIpc) is 2.53. The summed E-state index contributed by atoms with van der Waals surface area (Å²) in [5.74, 6) is 0.280. The summed E-state index contributed by atoms with van der Waals surface area (Å²) in [4.78, 5) is 0. The molecule has 2 atom stereocenters. The number of aliphatic hydroxyl groups is 1. The Kier molecular flexibility index (Phi) is 2.20. The number of hydrogen-bond donors (Lipinski definition) is 3. The molecule has 2 rings (SSSR count). The number of aromatic hydroxyl groups is 1. The van der Waals surface area contributed by atoms with Crippen LogP contribution < -0.4 is 5.32 Å². The first-order valence-corrected chi connectivity index (χ1v) is 4.46. The Hall–Kier alpha value is -1.06. The fraction of sp³-hybridized carbons (Fsp3) is 0.400. The zero-order valence-corrected chi connectivity index (χ0v) is 7.27. The molecule has 1 heterocycles. The van der Waals surface area contributed by atoms with E-state index in [1.54, 1.807) is 12.1 Å². The zero-order valence-electron chi connectivity index (χ0n) is 7.27. The number of rotatable bonds is 1. The predicted octanol–water partition coefficient (Wildman–Crippen LogP) is 0.787. The maximum atomic E-state index is 9.30. The van der Waals surface area contributed by atoms with Gasteiger partial charge in [-0.3, -0.25) is 0 Å². The highest BCUT2D eigenvalue weighted by Gasteiger charge is 2.22. The van der Waals surface area contributed by atoms with Gasteiger partial charge in [0.15, 0.2) is 0 Å². The van der Waals surface area contributed by atoms with E-state index in [9.17, 15) is 5.11 Å². The molecule has 0 aliphatic carbocycles. The van der Waals surface area contributed by atoms with E-state index in [1.165, 1.54) is 0 Å². The normalized spacial score (nSPS) is 27.8. The van der Waals surface area contributed by atoms with Gasteiger partial charge in [-0.2, -0.15) is 0 Å². The lowest BCUT2D eigenvalue weighted by molar-refractivity contribution is 0.193. The van der Waals surface area contributed by atoms with Crippen LogP contribution >= 0.6 is 0 Å². The number of phenolic OH excluding ortho intramolecular Hbond substituents is 1. The molecule has 0 spiro atoms. The third kappa shape index (κ3) is 1.82. The van der Waals surface area contributed by atoms with Crippen LogP contribution in [-0.2, 0) is 0 Å². The van der Waals surface area contributed by atoms with E-state index in [-0.39, 0.29) is 17.9 Å². The Morgan fingerprint density at radius 1 is 1.23 bits per heavy atom. The van der Waals surface area contributed by atoms with Gasteiger partial charge in [0.1, 0.15) is 5.75 Å². The van der Waals surface area contributed by atoms with Crippen LogP contribution in [0.5, 0.6) is 5.75 Å². The lowest BCUT2D eigenvalue weighted by Crippen LogP contribution is -2.14. The molecule has 3 N–H and O–H groups in total. The first-order valence-electron chi connectivity index (χ1n) is 4.46. The third-order valence-corrected chi connectivity index (χ3v) is 2.40. The summed E-state index contributed by atoms with van der Waals surface area (Å²) in [6, 6.07) is 7.33. The molecule has 0 amide bonds. The molecule has 1 aromatic carbocycles. The fourth-order valence-electron chi connectivity index (χ4n) is 1.68. The van der Waals surface area contributed by atoms with E-state index >= 15 is 0 Å². The minimum atomic E-state index is -0.237. The summed E-state index contributed by atoms with van der Waals surface area (Å²) in [6.45, 7) is 0.658. The summed E-state index contributed by atoms with van der Waals surface area (Å²) in [7, 11) is 0. The maximum Gasteiger partial charge on any atom is 0.115 e. The molecule has 1 saturated heterocycles. The van der Waals surface area contributed by atoms with E-state index in [2.05, 4.69) is 5.32 Å². The largest absolute Gasteiger partial charge is 0.508 e. The van der Waals surface area contributed by atoms with E-state index in [1.807, 2.05) is 12.1 Å². The molecule has 0 saturated carbocycles. The molecule has 3 heteroatoms. The van der Waals surface area contributed by atoms with Crippen molar-refractivity contribution in [2.45, 2.75) is 18.6 Å². The van der Waals surface area contributed by atoms with Gasteiger partial charge in [0.2, 0.25) is 0 Å². The zero-order chi connectivity index (χ0) is 9.26. The summed E-state index contributed by atoms with van der Waals surface area (Å²) in [5, 5.41) is 21.6. The van der Waals surface area contributed by atoms with Gasteiger partial charge in [-0.15, -0.1) is 0 Å². The number of aliphatic hydroxyl groups excluding tert-OH is 1. The molecular weight excluding hydrogens is 166 g/mol. The molecule has 0 radical (unpaired) electrons. The van der Waals surface area contributed by atoms with Crippen molar-refractivity contribution in [3.05, 3.63) is 29.8 Å². The standard InChI is InChI=1S/C10H13NO2/c12-8-3-1-7(2-4-8)10-5-9(13)6-11-10/h1-4,9-13H,5-6H2. The van der Waals surface area contributed by atoms with Crippen LogP contribution in [0.4, 0.5) is 0 Å². The molecule has 1 fully saturated rings. The minimum absolute atomic E-state index is 0.232. The number of nitrogens with one attached hydrogen (secondary N) is 1. The van der Waals surface area contributed by atoms with Crippen LogP contribution in [0.2, 0.25) is 0 Å². The van der Waals surface area contributed by atoms with Crippen molar-refractivity contribution in [1.29, 1.82) is 0 Å². The highest BCUT2D eigenvalue weighted by molar-refractivity contribution is 5.28. The molecule has 1 aliphatic rings. The van der Waals surface area contributed by atoms with Crippen LogP contribution in [-0.4, -0.2) is 22.9 Å². The number of β-amino-alcohol motifs (C(OH)–C–C–N with tert-alkyl or cyclic N) is 1. The molecule has 3 nitrogen and oxygen atoms in total. The van der Waals surface area contributed by atoms with Gasteiger partial charge < -0.3 is 15.5 Å². The predicted molar refractivity (Wildman–Crippen MR) is 49.5 cm³/mol. The van der Waals surface area contributed by atoms with Gasteiger partial charge >= 0.3 is 0 Å². The second-order valence-electron chi connectivity index (χ2n) is 3.44. The third-order valence-electron chi connectivity index (χ3n) is 2.40. The maximum absolute atomic E-state index is 9.30. The van der Waals surface area contributed by atoms with Gasteiger partial charge in [-0.05, 0) is 24.1 Å². The Bertz CT molecular complexity index is 283. The number of hydrogen-bond acceptors (Lipinski definition) is 3. The average molecular weight is 179 g/mol. The SMILES string of the molecule is Oc1ccc(C2CC(O)CN2)cc1. The van der Waals surface area contributed by atoms with Crippen molar-refractivity contribution in [1.82, 2.24) is 5.32 Å². The van der Waals surface area contributed by atoms with Crippen LogP contribution in [0.1, 0.15) is 18.0 Å². The van der Waals surface area contributed by atoms with Crippen LogP contribution in [0.15, 0.2) is 24.3 Å². The van der Waals surface area contributed by atoms with Crippen molar-refractivity contribution < 1.29 is 10.2 Å². The molecule has 2 unspecified atom stereocenters. The highest BCUT2D eigenvalue weighted by Crippen LogP contribution is 2.24. The van der Waals surface area contributed by atoms with Crippen molar-refractivity contribution >= 4 is 0 Å². The quantitative estimate of drug-likeness (QED) is 0.597. The van der Waals surface area contributed by atoms with Crippen molar-refractivity contribution in [3.8, 4) is 5.75 Å². The second kappa shape index (κ2) is 3.36.